The number of anilines is 1. The Hall–Kier alpha value is -3.13. The van der Waals surface area contributed by atoms with Gasteiger partial charge in [-0.15, -0.1) is 12.4 Å². The molecule has 2 N–H and O–H groups in total. The Morgan fingerprint density at radius 3 is 2.62 bits per heavy atom. The number of nitrogens with zero attached hydrogens (tertiary/aromatic N) is 2. The van der Waals surface area contributed by atoms with Crippen molar-refractivity contribution in [2.24, 2.45) is 0 Å². The number of benzene rings is 2. The van der Waals surface area contributed by atoms with Gasteiger partial charge in [0.25, 0.3) is 5.91 Å². The molecule has 0 saturated carbocycles. The van der Waals surface area contributed by atoms with Gasteiger partial charge in [0.2, 0.25) is 0 Å². The molecule has 32 heavy (non-hydrogen) atoms. The molecule has 0 saturated heterocycles. The zero-order chi connectivity index (χ0) is 21.8. The minimum atomic E-state index is -0.358. The van der Waals surface area contributed by atoms with Crippen LogP contribution >= 0.6 is 36.2 Å². The fourth-order valence-electron chi connectivity index (χ4n) is 3.05. The maximum absolute atomic E-state index is 12.4. The summed E-state index contributed by atoms with van der Waals surface area (Å²) < 4.78 is 7.35. The molecular weight excluding hydrogens is 467 g/mol. The molecule has 0 aliphatic rings. The van der Waals surface area contributed by atoms with Crippen molar-refractivity contribution in [2.45, 2.75) is 6.92 Å². The molecule has 0 aliphatic carbocycles. The van der Waals surface area contributed by atoms with E-state index in [0.717, 1.165) is 22.6 Å². The highest BCUT2D eigenvalue weighted by molar-refractivity contribution is 7.80. The Labute approximate surface area is 202 Å². The number of aromatic nitrogens is 2. The van der Waals surface area contributed by atoms with Crippen LogP contribution in [0.2, 0.25) is 5.02 Å². The summed E-state index contributed by atoms with van der Waals surface area (Å²) in [5, 5.41) is 6.23. The number of pyridine rings is 1. The summed E-state index contributed by atoms with van der Waals surface area (Å²) in [4.78, 5) is 17.1. The minimum Gasteiger partial charge on any atom is -0.492 e. The van der Waals surface area contributed by atoms with E-state index >= 15 is 0 Å². The summed E-state index contributed by atoms with van der Waals surface area (Å²) in [5.74, 6) is 0.177. The van der Waals surface area contributed by atoms with Gasteiger partial charge >= 0.3 is 0 Å². The molecule has 2 heterocycles. The molecule has 0 atom stereocenters. The van der Waals surface area contributed by atoms with Crippen LogP contribution < -0.4 is 15.4 Å². The number of thiocarbonyl (C=S) groups is 1. The monoisotopic (exact) mass is 486 g/mol. The van der Waals surface area contributed by atoms with Gasteiger partial charge in [0.05, 0.1) is 17.3 Å². The number of rotatable bonds is 5. The molecule has 4 aromatic rings. The van der Waals surface area contributed by atoms with E-state index in [0.29, 0.717) is 22.9 Å². The van der Waals surface area contributed by atoms with E-state index in [2.05, 4.69) is 15.6 Å². The van der Waals surface area contributed by atoms with Crippen LogP contribution in [0.3, 0.4) is 0 Å². The summed E-state index contributed by atoms with van der Waals surface area (Å²) in [5.41, 5.74) is 3.88. The van der Waals surface area contributed by atoms with Crippen molar-refractivity contribution in [2.75, 3.05) is 11.9 Å². The highest BCUT2D eigenvalue weighted by Crippen LogP contribution is 2.25. The summed E-state index contributed by atoms with van der Waals surface area (Å²) >= 11 is 11.4. The molecule has 9 heteroatoms. The summed E-state index contributed by atoms with van der Waals surface area (Å²) in [6.45, 7) is 2.36. The molecular formula is C23H20Cl2N4O2S. The van der Waals surface area contributed by atoms with Crippen molar-refractivity contribution in [3.63, 3.8) is 0 Å². The summed E-state index contributed by atoms with van der Waals surface area (Å²) in [6, 6.07) is 18.4. The second-order valence-corrected chi connectivity index (χ2v) is 7.47. The maximum Gasteiger partial charge on any atom is 0.257 e. The van der Waals surface area contributed by atoms with Crippen LogP contribution in [0.1, 0.15) is 17.3 Å². The van der Waals surface area contributed by atoms with E-state index in [4.69, 9.17) is 28.6 Å². The zero-order valence-electron chi connectivity index (χ0n) is 17.0. The van der Waals surface area contributed by atoms with Gasteiger partial charge < -0.3 is 14.5 Å². The van der Waals surface area contributed by atoms with E-state index in [1.807, 2.05) is 66.2 Å². The Morgan fingerprint density at radius 2 is 1.94 bits per heavy atom. The number of carbonyl (C=O) groups is 1. The number of hydrogen-bond donors (Lipinski definition) is 2. The molecule has 0 spiro atoms. The van der Waals surface area contributed by atoms with Crippen LogP contribution in [-0.2, 0) is 0 Å². The Bertz CT molecular complexity index is 1230. The Morgan fingerprint density at radius 1 is 1.16 bits per heavy atom. The standard InChI is InChI=1S/C23H19ClN4O2S.ClH/c1-2-30-20-11-8-16(13-18(20)24)22(29)27-23(31)25-17-9-6-15(7-10-17)19-14-28-12-4-3-5-21(28)26-19;/h3-14H,2H2,1H3,(H2,25,27,29,31);1H. The fourth-order valence-corrected chi connectivity index (χ4v) is 3.50. The van der Waals surface area contributed by atoms with Crippen LogP contribution in [0, 0.1) is 0 Å². The van der Waals surface area contributed by atoms with E-state index in [1.54, 1.807) is 18.2 Å². The lowest BCUT2D eigenvalue weighted by Crippen LogP contribution is -2.34. The number of ether oxygens (including phenoxy) is 1. The smallest absolute Gasteiger partial charge is 0.257 e. The first kappa shape index (κ1) is 23.5. The van der Waals surface area contributed by atoms with Crippen LogP contribution in [0.25, 0.3) is 16.9 Å². The molecule has 0 radical (unpaired) electrons. The van der Waals surface area contributed by atoms with Gasteiger partial charge in [-0.05, 0) is 61.6 Å². The van der Waals surface area contributed by atoms with Gasteiger partial charge in [0.1, 0.15) is 11.4 Å². The van der Waals surface area contributed by atoms with Gasteiger partial charge in [0.15, 0.2) is 5.11 Å². The van der Waals surface area contributed by atoms with Gasteiger partial charge in [-0.2, -0.15) is 0 Å². The van der Waals surface area contributed by atoms with Crippen LogP contribution in [-0.4, -0.2) is 27.0 Å². The molecule has 6 nitrogen and oxygen atoms in total. The number of nitrogens with one attached hydrogen (secondary N) is 2. The molecule has 4 rings (SSSR count). The lowest BCUT2D eigenvalue weighted by atomic mass is 10.1. The molecule has 0 unspecified atom stereocenters. The fraction of sp³-hybridized carbons (Fsp3) is 0.0870. The summed E-state index contributed by atoms with van der Waals surface area (Å²) in [6.07, 6.45) is 3.94. The SMILES string of the molecule is CCOc1ccc(C(=O)NC(=S)Nc2ccc(-c3cn4ccccc4n3)cc2)cc1Cl.Cl. The molecule has 0 fully saturated rings. The van der Waals surface area contributed by atoms with Gasteiger partial charge in [0, 0.05) is 29.2 Å². The lowest BCUT2D eigenvalue weighted by Gasteiger charge is -2.11. The van der Waals surface area contributed by atoms with Crippen LogP contribution in [0.15, 0.2) is 73.1 Å². The highest BCUT2D eigenvalue weighted by Gasteiger charge is 2.11. The summed E-state index contributed by atoms with van der Waals surface area (Å²) in [7, 11) is 0. The number of halogens is 2. The van der Waals surface area contributed by atoms with Crippen molar-refractivity contribution < 1.29 is 9.53 Å². The number of carbonyl (C=O) groups excluding carboxylic acids is 1. The molecule has 164 valence electrons. The zero-order valence-corrected chi connectivity index (χ0v) is 19.4. The first-order chi connectivity index (χ1) is 15.0. The van der Waals surface area contributed by atoms with Crippen molar-refractivity contribution in [3.05, 3.63) is 83.6 Å². The topological polar surface area (TPSA) is 67.7 Å². The third-order valence-corrected chi connectivity index (χ3v) is 5.02. The third-order valence-electron chi connectivity index (χ3n) is 4.52. The minimum absolute atomic E-state index is 0. The quantitative estimate of drug-likeness (QED) is 0.359. The number of hydrogen-bond acceptors (Lipinski definition) is 4. The average molecular weight is 487 g/mol. The number of fused-ring (bicyclic) bond motifs is 1. The predicted octanol–water partition coefficient (Wildman–Crippen LogP) is 5.60. The van der Waals surface area contributed by atoms with Gasteiger partial charge in [-0.1, -0.05) is 29.8 Å². The van der Waals surface area contributed by atoms with Crippen molar-refractivity contribution in [1.29, 1.82) is 0 Å². The third kappa shape index (κ3) is 5.37. The molecule has 2 aromatic heterocycles. The Kier molecular flexibility index (Phi) is 7.69. The molecule has 2 aromatic carbocycles. The van der Waals surface area contributed by atoms with Crippen molar-refractivity contribution >= 4 is 58.6 Å². The molecule has 0 aliphatic heterocycles. The van der Waals surface area contributed by atoms with Crippen LogP contribution in [0.4, 0.5) is 5.69 Å². The Balaban J connectivity index is 0.00000289. The average Bonchev–Trinajstić information content (AvgIpc) is 3.20. The van der Waals surface area contributed by atoms with Gasteiger partial charge in [-0.25, -0.2) is 4.98 Å². The molecule has 1 amide bonds. The van der Waals surface area contributed by atoms with E-state index in [9.17, 15) is 4.79 Å². The second-order valence-electron chi connectivity index (χ2n) is 6.66. The largest absolute Gasteiger partial charge is 0.492 e. The number of imidazole rings is 1. The van der Waals surface area contributed by atoms with Crippen molar-refractivity contribution in [1.82, 2.24) is 14.7 Å². The molecule has 0 bridgehead atoms. The maximum atomic E-state index is 12.4. The predicted molar refractivity (Wildman–Crippen MR) is 134 cm³/mol. The normalized spacial score (nSPS) is 10.3. The van der Waals surface area contributed by atoms with E-state index < -0.39 is 0 Å². The lowest BCUT2D eigenvalue weighted by molar-refractivity contribution is 0.0977. The first-order valence-corrected chi connectivity index (χ1v) is 10.4. The van der Waals surface area contributed by atoms with E-state index in [1.165, 1.54) is 0 Å². The second kappa shape index (κ2) is 10.5. The highest BCUT2D eigenvalue weighted by atomic mass is 35.5. The van der Waals surface area contributed by atoms with Crippen molar-refractivity contribution in [3.8, 4) is 17.0 Å². The number of amides is 1. The first-order valence-electron chi connectivity index (χ1n) is 9.62. The van der Waals surface area contributed by atoms with E-state index in [-0.39, 0.29) is 23.4 Å². The van der Waals surface area contributed by atoms with Crippen LogP contribution in [0.5, 0.6) is 5.75 Å². The van der Waals surface area contributed by atoms with Gasteiger partial charge in [-0.3, -0.25) is 10.1 Å².